The van der Waals surface area contributed by atoms with E-state index in [4.69, 9.17) is 0 Å². The fraction of sp³-hybridized carbons (Fsp3) is 0.714. The molecule has 0 aromatic carbocycles. The largest absolute Gasteiger partial charge is 0.348 e. The predicted octanol–water partition coefficient (Wildman–Crippen LogP) is 2.58. The van der Waals surface area contributed by atoms with E-state index in [1.165, 1.54) is 25.7 Å². The van der Waals surface area contributed by atoms with E-state index < -0.39 is 0 Å². The molecule has 2 saturated carbocycles. The van der Waals surface area contributed by atoms with Gasteiger partial charge in [0.05, 0.1) is 3.57 Å². The highest BCUT2D eigenvalue weighted by Gasteiger charge is 2.42. The number of fused-ring (bicyclic) bond motifs is 2. The Labute approximate surface area is 127 Å². The average Bonchev–Trinajstić information content (AvgIpc) is 3.03. The summed E-state index contributed by atoms with van der Waals surface area (Å²) in [6, 6.07) is 0.264. The highest BCUT2D eigenvalue weighted by molar-refractivity contribution is 14.1. The topological polar surface area (TPSA) is 46.9 Å². The maximum absolute atomic E-state index is 12.3. The van der Waals surface area contributed by atoms with Crippen LogP contribution < -0.4 is 5.32 Å². The van der Waals surface area contributed by atoms with Crippen LogP contribution in [0.25, 0.3) is 0 Å². The van der Waals surface area contributed by atoms with Crippen molar-refractivity contribution in [3.05, 3.63) is 15.5 Å². The van der Waals surface area contributed by atoms with Gasteiger partial charge in [-0.15, -0.1) is 0 Å². The zero-order chi connectivity index (χ0) is 13.6. The average molecular weight is 373 g/mol. The Bertz CT molecular complexity index is 499. The molecule has 2 aliphatic carbocycles. The molecule has 1 aromatic heterocycles. The van der Waals surface area contributed by atoms with Gasteiger partial charge in [-0.3, -0.25) is 9.48 Å². The van der Waals surface area contributed by atoms with E-state index >= 15 is 0 Å². The van der Waals surface area contributed by atoms with Gasteiger partial charge >= 0.3 is 0 Å². The monoisotopic (exact) mass is 373 g/mol. The van der Waals surface area contributed by atoms with Crippen molar-refractivity contribution in [1.82, 2.24) is 15.1 Å². The molecule has 1 N–H and O–H groups in total. The second kappa shape index (κ2) is 5.07. The highest BCUT2D eigenvalue weighted by atomic mass is 127. The molecule has 0 radical (unpaired) electrons. The first-order valence-electron chi connectivity index (χ1n) is 7.04. The Morgan fingerprint density at radius 2 is 2.32 bits per heavy atom. The molecule has 0 unspecified atom stereocenters. The molecule has 1 aromatic rings. The van der Waals surface area contributed by atoms with Crippen LogP contribution in [0.2, 0.25) is 0 Å². The molecule has 0 spiro atoms. The smallest absolute Gasteiger partial charge is 0.273 e. The van der Waals surface area contributed by atoms with E-state index in [1.807, 2.05) is 13.2 Å². The van der Waals surface area contributed by atoms with Gasteiger partial charge in [0.15, 0.2) is 5.69 Å². The molecule has 0 aliphatic heterocycles. The predicted molar refractivity (Wildman–Crippen MR) is 81.8 cm³/mol. The number of hydrogen-bond donors (Lipinski definition) is 1. The standard InChI is InChI=1S/C14H20IN3O/c1-8(11-6-9-3-4-10(11)5-9)16-14(19)13-12(15)7-18(2)17-13/h7-11H,3-6H2,1-2H3,(H,16,19)/t8-,9+,10+,11+/m0/s1. The summed E-state index contributed by atoms with van der Waals surface area (Å²) in [4.78, 5) is 12.3. The Kier molecular flexibility index (Phi) is 3.57. The number of carbonyl (C=O) groups excluding carboxylic acids is 1. The van der Waals surface area contributed by atoms with Gasteiger partial charge in [-0.2, -0.15) is 5.10 Å². The summed E-state index contributed by atoms with van der Waals surface area (Å²) in [7, 11) is 1.85. The van der Waals surface area contributed by atoms with Crippen molar-refractivity contribution in [3.8, 4) is 0 Å². The minimum absolute atomic E-state index is 0.0275. The number of amides is 1. The fourth-order valence-corrected chi connectivity index (χ4v) is 4.66. The summed E-state index contributed by atoms with van der Waals surface area (Å²) in [6.07, 6.45) is 7.31. The third-order valence-corrected chi connectivity index (χ3v) is 5.58. The summed E-state index contributed by atoms with van der Waals surface area (Å²) in [5, 5.41) is 7.39. The van der Waals surface area contributed by atoms with Gasteiger partial charge < -0.3 is 5.32 Å². The maximum Gasteiger partial charge on any atom is 0.273 e. The van der Waals surface area contributed by atoms with Crippen molar-refractivity contribution in [2.45, 2.75) is 38.6 Å². The molecule has 2 bridgehead atoms. The quantitative estimate of drug-likeness (QED) is 0.828. The molecule has 5 heteroatoms. The van der Waals surface area contributed by atoms with Crippen molar-refractivity contribution >= 4 is 28.5 Å². The lowest BCUT2D eigenvalue weighted by atomic mass is 9.84. The molecule has 4 nitrogen and oxygen atoms in total. The van der Waals surface area contributed by atoms with E-state index in [-0.39, 0.29) is 11.9 Å². The molecule has 19 heavy (non-hydrogen) atoms. The Balaban J connectivity index is 1.65. The molecule has 2 fully saturated rings. The van der Waals surface area contributed by atoms with Crippen LogP contribution in [-0.2, 0) is 7.05 Å². The minimum atomic E-state index is -0.0275. The summed E-state index contributed by atoms with van der Waals surface area (Å²) >= 11 is 2.17. The van der Waals surface area contributed by atoms with Crippen LogP contribution in [0.15, 0.2) is 6.20 Å². The minimum Gasteiger partial charge on any atom is -0.348 e. The van der Waals surface area contributed by atoms with Gasteiger partial charge in [0.25, 0.3) is 5.91 Å². The fourth-order valence-electron chi connectivity index (χ4n) is 3.90. The van der Waals surface area contributed by atoms with Crippen LogP contribution in [0, 0.1) is 21.3 Å². The van der Waals surface area contributed by atoms with Crippen LogP contribution in [0.5, 0.6) is 0 Å². The number of rotatable bonds is 3. The third-order valence-electron chi connectivity index (χ3n) is 4.79. The lowest BCUT2D eigenvalue weighted by molar-refractivity contribution is 0.0908. The van der Waals surface area contributed by atoms with Crippen LogP contribution in [0.4, 0.5) is 0 Å². The zero-order valence-electron chi connectivity index (χ0n) is 11.4. The Hall–Kier alpha value is -0.590. The lowest BCUT2D eigenvalue weighted by Gasteiger charge is -2.28. The molecule has 1 heterocycles. The summed E-state index contributed by atoms with van der Waals surface area (Å²) < 4.78 is 2.61. The van der Waals surface area contributed by atoms with Crippen molar-refractivity contribution < 1.29 is 4.79 Å². The second-order valence-electron chi connectivity index (χ2n) is 6.10. The van der Waals surface area contributed by atoms with Gasteiger partial charge in [-0.1, -0.05) is 6.42 Å². The molecular formula is C14H20IN3O. The molecule has 1 amide bonds. The first-order chi connectivity index (χ1) is 9.04. The maximum atomic E-state index is 12.3. The van der Waals surface area contributed by atoms with Gasteiger partial charge in [-0.05, 0) is 66.5 Å². The number of aromatic nitrogens is 2. The number of aryl methyl sites for hydroxylation is 1. The molecular weight excluding hydrogens is 353 g/mol. The number of hydrogen-bond acceptors (Lipinski definition) is 2. The molecule has 104 valence electrons. The van der Waals surface area contributed by atoms with Crippen molar-refractivity contribution in [1.29, 1.82) is 0 Å². The van der Waals surface area contributed by atoms with E-state index in [2.05, 4.69) is 39.9 Å². The van der Waals surface area contributed by atoms with Crippen LogP contribution in [0.3, 0.4) is 0 Å². The van der Waals surface area contributed by atoms with Gasteiger partial charge in [-0.25, -0.2) is 0 Å². The Morgan fingerprint density at radius 3 is 2.84 bits per heavy atom. The normalized spacial score (nSPS) is 30.6. The van der Waals surface area contributed by atoms with E-state index in [0.29, 0.717) is 11.6 Å². The number of carbonyl (C=O) groups is 1. The van der Waals surface area contributed by atoms with Gasteiger partial charge in [0, 0.05) is 19.3 Å². The van der Waals surface area contributed by atoms with Crippen molar-refractivity contribution in [2.24, 2.45) is 24.8 Å². The van der Waals surface area contributed by atoms with E-state index in [1.54, 1.807) is 4.68 Å². The summed E-state index contributed by atoms with van der Waals surface area (Å²) in [5.74, 6) is 2.40. The Morgan fingerprint density at radius 1 is 1.53 bits per heavy atom. The number of nitrogens with zero attached hydrogens (tertiary/aromatic N) is 2. The lowest BCUT2D eigenvalue weighted by Crippen LogP contribution is -2.40. The number of halogens is 1. The summed E-state index contributed by atoms with van der Waals surface area (Å²) in [5.41, 5.74) is 0.554. The van der Waals surface area contributed by atoms with Crippen LogP contribution in [-0.4, -0.2) is 21.7 Å². The van der Waals surface area contributed by atoms with E-state index in [0.717, 1.165) is 15.4 Å². The highest BCUT2D eigenvalue weighted by Crippen LogP contribution is 2.49. The van der Waals surface area contributed by atoms with Crippen molar-refractivity contribution in [2.75, 3.05) is 0 Å². The van der Waals surface area contributed by atoms with Crippen LogP contribution >= 0.6 is 22.6 Å². The van der Waals surface area contributed by atoms with Crippen LogP contribution in [0.1, 0.15) is 43.1 Å². The zero-order valence-corrected chi connectivity index (χ0v) is 13.6. The van der Waals surface area contributed by atoms with Crippen molar-refractivity contribution in [3.63, 3.8) is 0 Å². The SMILES string of the molecule is C[C@H](NC(=O)c1nn(C)cc1I)[C@H]1C[C@@H]2CC[C@@H]1C2. The third kappa shape index (κ3) is 2.53. The number of nitrogens with one attached hydrogen (secondary N) is 1. The molecule has 3 rings (SSSR count). The molecule has 4 atom stereocenters. The molecule has 2 aliphatic rings. The second-order valence-corrected chi connectivity index (χ2v) is 7.26. The first-order valence-corrected chi connectivity index (χ1v) is 8.12. The van der Waals surface area contributed by atoms with Gasteiger partial charge in [0.2, 0.25) is 0 Å². The summed E-state index contributed by atoms with van der Waals surface area (Å²) in [6.45, 7) is 2.15. The van der Waals surface area contributed by atoms with E-state index in [9.17, 15) is 4.79 Å². The molecule has 0 saturated heterocycles. The van der Waals surface area contributed by atoms with Gasteiger partial charge in [0.1, 0.15) is 0 Å². The first kappa shape index (κ1) is 13.4.